The highest BCUT2D eigenvalue weighted by Crippen LogP contribution is 2.29. The Bertz CT molecular complexity index is 937. The molecule has 1 heterocycles. The minimum Gasteiger partial charge on any atom is -0.497 e. The van der Waals surface area contributed by atoms with E-state index in [9.17, 15) is 16.8 Å². The average Bonchev–Trinajstić information content (AvgIpc) is 2.90. The number of ether oxygens (including phenoxy) is 1. The molecule has 2 N–H and O–H groups in total. The van der Waals surface area contributed by atoms with Gasteiger partial charge in [0.05, 0.1) is 18.6 Å². The number of aryl methyl sites for hydroxylation is 1. The summed E-state index contributed by atoms with van der Waals surface area (Å²) in [6, 6.07) is 3.97. The van der Waals surface area contributed by atoms with Crippen molar-refractivity contribution in [3.63, 3.8) is 0 Å². The van der Waals surface area contributed by atoms with Gasteiger partial charge in [-0.05, 0) is 26.0 Å². The van der Waals surface area contributed by atoms with Gasteiger partial charge in [-0.2, -0.15) is 0 Å². The smallest absolute Gasteiger partial charge is 0.265 e. The van der Waals surface area contributed by atoms with Crippen LogP contribution < -0.4 is 14.2 Å². The molecule has 0 aliphatic heterocycles. The molecular formula is C12H16N4O5S3. The molecule has 0 atom stereocenters. The van der Waals surface area contributed by atoms with Crippen LogP contribution in [0.15, 0.2) is 23.1 Å². The number of methoxy groups -OCH3 is 1. The predicted octanol–water partition coefficient (Wildman–Crippen LogP) is 1.42. The van der Waals surface area contributed by atoms with Crippen LogP contribution >= 0.6 is 11.3 Å². The zero-order valence-electron chi connectivity index (χ0n) is 13.1. The first kappa shape index (κ1) is 18.4. The van der Waals surface area contributed by atoms with Crippen molar-refractivity contribution < 1.29 is 21.6 Å². The molecule has 0 amide bonds. The van der Waals surface area contributed by atoms with Crippen LogP contribution in [-0.2, 0) is 20.0 Å². The SMILES string of the molecule is CCS(=O)(=O)Nc1cc(OC)ccc1S(=O)(=O)Nc1nnc(C)s1. The van der Waals surface area contributed by atoms with Gasteiger partial charge in [-0.1, -0.05) is 11.3 Å². The second-order valence-corrected chi connectivity index (χ2v) is 9.44. The van der Waals surface area contributed by atoms with E-state index in [1.54, 1.807) is 6.92 Å². The summed E-state index contributed by atoms with van der Waals surface area (Å²) in [7, 11) is -6.34. The zero-order valence-corrected chi connectivity index (χ0v) is 15.5. The van der Waals surface area contributed by atoms with E-state index in [-0.39, 0.29) is 21.5 Å². The Kier molecular flexibility index (Phi) is 5.30. The summed E-state index contributed by atoms with van der Waals surface area (Å²) in [5.74, 6) is 0.113. The van der Waals surface area contributed by atoms with Gasteiger partial charge in [0, 0.05) is 6.07 Å². The Hall–Kier alpha value is -1.92. The van der Waals surface area contributed by atoms with Crippen LogP contribution in [0, 0.1) is 6.92 Å². The fourth-order valence-electron chi connectivity index (χ4n) is 1.70. The summed E-state index contributed by atoms with van der Waals surface area (Å²) in [4.78, 5) is -0.242. The Morgan fingerprint density at radius 1 is 1.17 bits per heavy atom. The quantitative estimate of drug-likeness (QED) is 0.729. The lowest BCUT2D eigenvalue weighted by molar-refractivity contribution is 0.414. The third kappa shape index (κ3) is 4.33. The number of nitrogens with zero attached hydrogens (tertiary/aromatic N) is 2. The van der Waals surface area contributed by atoms with E-state index in [1.807, 2.05) is 0 Å². The maximum atomic E-state index is 12.6. The lowest BCUT2D eigenvalue weighted by atomic mass is 10.3. The molecule has 24 heavy (non-hydrogen) atoms. The largest absolute Gasteiger partial charge is 0.497 e. The van der Waals surface area contributed by atoms with Gasteiger partial charge >= 0.3 is 0 Å². The fourth-order valence-corrected chi connectivity index (χ4v) is 4.38. The molecule has 0 aliphatic carbocycles. The van der Waals surface area contributed by atoms with Gasteiger partial charge in [0.15, 0.2) is 0 Å². The molecular weight excluding hydrogens is 376 g/mol. The lowest BCUT2D eigenvalue weighted by Crippen LogP contribution is -2.19. The summed E-state index contributed by atoms with van der Waals surface area (Å²) < 4.78 is 58.3. The van der Waals surface area contributed by atoms with Crippen LogP contribution in [0.3, 0.4) is 0 Å². The van der Waals surface area contributed by atoms with Gasteiger partial charge in [0.25, 0.3) is 10.0 Å². The number of rotatable bonds is 7. The molecule has 9 nitrogen and oxygen atoms in total. The Morgan fingerprint density at radius 2 is 1.88 bits per heavy atom. The molecule has 12 heteroatoms. The third-order valence-electron chi connectivity index (χ3n) is 2.87. The summed E-state index contributed by atoms with van der Waals surface area (Å²) in [5.41, 5.74) is -0.107. The van der Waals surface area contributed by atoms with E-state index < -0.39 is 20.0 Å². The van der Waals surface area contributed by atoms with E-state index in [1.165, 1.54) is 32.2 Å². The molecule has 0 saturated carbocycles. The number of anilines is 2. The van der Waals surface area contributed by atoms with Crippen LogP contribution in [0.5, 0.6) is 5.75 Å². The topological polar surface area (TPSA) is 127 Å². The Balaban J connectivity index is 2.47. The molecule has 2 rings (SSSR count). The molecule has 0 radical (unpaired) electrons. The van der Waals surface area contributed by atoms with E-state index >= 15 is 0 Å². The predicted molar refractivity (Wildman–Crippen MR) is 91.5 cm³/mol. The van der Waals surface area contributed by atoms with Crippen molar-refractivity contribution in [2.45, 2.75) is 18.7 Å². The van der Waals surface area contributed by atoms with Crippen molar-refractivity contribution in [3.8, 4) is 5.75 Å². The minimum absolute atomic E-state index is 0.0904. The molecule has 0 spiro atoms. The van der Waals surface area contributed by atoms with Crippen molar-refractivity contribution in [2.75, 3.05) is 22.3 Å². The third-order valence-corrected chi connectivity index (χ3v) is 6.44. The number of benzene rings is 1. The summed E-state index contributed by atoms with van der Waals surface area (Å²) in [6.45, 7) is 3.13. The van der Waals surface area contributed by atoms with E-state index in [0.29, 0.717) is 10.8 Å². The maximum Gasteiger partial charge on any atom is 0.265 e. The molecule has 1 aromatic carbocycles. The lowest BCUT2D eigenvalue weighted by Gasteiger charge is -2.13. The van der Waals surface area contributed by atoms with E-state index in [0.717, 1.165) is 11.3 Å². The van der Waals surface area contributed by atoms with E-state index in [2.05, 4.69) is 19.6 Å². The average molecular weight is 392 g/mol. The second kappa shape index (κ2) is 6.91. The first-order valence-electron chi connectivity index (χ1n) is 6.68. The monoisotopic (exact) mass is 392 g/mol. The second-order valence-electron chi connectivity index (χ2n) is 4.60. The van der Waals surface area contributed by atoms with Gasteiger partial charge in [-0.15, -0.1) is 10.2 Å². The number of aromatic nitrogens is 2. The highest BCUT2D eigenvalue weighted by Gasteiger charge is 2.23. The van der Waals surface area contributed by atoms with Crippen LogP contribution in [0.25, 0.3) is 0 Å². The fraction of sp³-hybridized carbons (Fsp3) is 0.333. The van der Waals surface area contributed by atoms with Crippen molar-refractivity contribution >= 4 is 42.2 Å². The van der Waals surface area contributed by atoms with Crippen LogP contribution in [0.1, 0.15) is 11.9 Å². The number of hydrogen-bond donors (Lipinski definition) is 2. The van der Waals surface area contributed by atoms with Crippen molar-refractivity contribution in [1.29, 1.82) is 0 Å². The first-order chi connectivity index (χ1) is 11.2. The summed E-state index contributed by atoms with van der Waals surface area (Å²) >= 11 is 1.06. The van der Waals surface area contributed by atoms with Crippen LogP contribution in [0.2, 0.25) is 0 Å². The molecule has 1 aromatic heterocycles. The van der Waals surface area contributed by atoms with Crippen molar-refractivity contribution in [1.82, 2.24) is 10.2 Å². The van der Waals surface area contributed by atoms with Gasteiger partial charge < -0.3 is 4.74 Å². The van der Waals surface area contributed by atoms with Crippen molar-refractivity contribution in [3.05, 3.63) is 23.2 Å². The molecule has 2 aromatic rings. The molecule has 0 bridgehead atoms. The standard InChI is InChI=1S/C12H16N4O5S3/c1-4-23(17,18)15-10-7-9(21-3)5-6-11(10)24(19,20)16-12-14-13-8(2)22-12/h5-7,15H,4H2,1-3H3,(H,14,16). The molecule has 132 valence electrons. The maximum absolute atomic E-state index is 12.6. The highest BCUT2D eigenvalue weighted by molar-refractivity contribution is 7.94. The van der Waals surface area contributed by atoms with Gasteiger partial charge in [-0.25, -0.2) is 16.8 Å². The zero-order chi connectivity index (χ0) is 18.0. The Morgan fingerprint density at radius 3 is 2.42 bits per heavy atom. The Labute approximate surface area is 144 Å². The number of sulfonamides is 2. The highest BCUT2D eigenvalue weighted by atomic mass is 32.2. The van der Waals surface area contributed by atoms with Crippen LogP contribution in [0.4, 0.5) is 10.8 Å². The normalized spacial score (nSPS) is 12.0. The first-order valence-corrected chi connectivity index (χ1v) is 10.6. The summed E-state index contributed by atoms with van der Waals surface area (Å²) in [6.07, 6.45) is 0. The molecule has 0 unspecified atom stereocenters. The molecule has 0 aliphatic rings. The number of nitrogens with one attached hydrogen (secondary N) is 2. The minimum atomic E-state index is -4.06. The molecule has 0 fully saturated rings. The summed E-state index contributed by atoms with van der Waals surface area (Å²) in [5, 5.41) is 8.10. The van der Waals surface area contributed by atoms with E-state index in [4.69, 9.17) is 4.74 Å². The van der Waals surface area contributed by atoms with Gasteiger partial charge in [0.1, 0.15) is 15.7 Å². The van der Waals surface area contributed by atoms with Gasteiger partial charge in [0.2, 0.25) is 15.2 Å². The van der Waals surface area contributed by atoms with Gasteiger partial charge in [-0.3, -0.25) is 9.44 Å². The number of hydrogen-bond acceptors (Lipinski definition) is 8. The molecule has 0 saturated heterocycles. The van der Waals surface area contributed by atoms with Crippen LogP contribution in [-0.4, -0.2) is 39.9 Å². The van der Waals surface area contributed by atoms with Crippen molar-refractivity contribution in [2.24, 2.45) is 0 Å².